The van der Waals surface area contributed by atoms with Crippen LogP contribution in [0.1, 0.15) is 36.5 Å². The van der Waals surface area contributed by atoms with Crippen molar-refractivity contribution in [2.45, 2.75) is 32.7 Å². The zero-order valence-corrected chi connectivity index (χ0v) is 15.9. The van der Waals surface area contributed by atoms with Crippen molar-refractivity contribution < 1.29 is 14.4 Å². The fraction of sp³-hybridized carbons (Fsp3) is 0.476. The van der Waals surface area contributed by atoms with Crippen molar-refractivity contribution in [2.24, 2.45) is 5.41 Å². The van der Waals surface area contributed by atoms with Gasteiger partial charge < -0.3 is 14.4 Å². The second-order valence-electron chi connectivity index (χ2n) is 7.92. The largest absolute Gasteiger partial charge is 0.345 e. The second kappa shape index (κ2) is 6.51. The van der Waals surface area contributed by atoms with Gasteiger partial charge in [0.25, 0.3) is 0 Å². The predicted molar refractivity (Wildman–Crippen MR) is 102 cm³/mol. The minimum atomic E-state index is -0.397. The van der Waals surface area contributed by atoms with Crippen molar-refractivity contribution >= 4 is 28.5 Å². The van der Waals surface area contributed by atoms with Crippen LogP contribution < -0.4 is 0 Å². The molecule has 1 spiro atoms. The summed E-state index contributed by atoms with van der Waals surface area (Å²) < 4.78 is 1.86. The Morgan fingerprint density at radius 2 is 1.93 bits per heavy atom. The van der Waals surface area contributed by atoms with E-state index in [0.29, 0.717) is 18.7 Å². The summed E-state index contributed by atoms with van der Waals surface area (Å²) in [6.45, 7) is 3.67. The zero-order valence-electron chi connectivity index (χ0n) is 15.9. The molecule has 142 valence electrons. The number of benzene rings is 1. The normalized spacial score (nSPS) is 22.8. The molecule has 0 aliphatic carbocycles. The molecular weight excluding hydrogens is 342 g/mol. The molecule has 2 saturated heterocycles. The van der Waals surface area contributed by atoms with Gasteiger partial charge >= 0.3 is 0 Å². The average Bonchev–Trinajstić information content (AvgIpc) is 3.23. The summed E-state index contributed by atoms with van der Waals surface area (Å²) in [5, 5.41) is 0.875. The van der Waals surface area contributed by atoms with Crippen LogP contribution in [0.25, 0.3) is 10.9 Å². The SMILES string of the molecule is CC(=O)c1cn(CC(=O)N2CCC3(CCCN(C)C3=O)C2)c2ccccc12. The van der Waals surface area contributed by atoms with Gasteiger partial charge in [0.2, 0.25) is 11.8 Å². The number of rotatable bonds is 3. The van der Waals surface area contributed by atoms with Gasteiger partial charge in [-0.25, -0.2) is 0 Å². The first-order chi connectivity index (χ1) is 12.9. The lowest BCUT2D eigenvalue weighted by atomic mass is 9.78. The Hall–Kier alpha value is -2.63. The summed E-state index contributed by atoms with van der Waals surface area (Å²) in [4.78, 5) is 41.2. The van der Waals surface area contributed by atoms with Crippen molar-refractivity contribution in [2.75, 3.05) is 26.7 Å². The van der Waals surface area contributed by atoms with Crippen LogP contribution in [0, 0.1) is 5.41 Å². The second-order valence-corrected chi connectivity index (χ2v) is 7.92. The fourth-order valence-corrected chi connectivity index (χ4v) is 4.64. The Kier molecular flexibility index (Phi) is 4.29. The first kappa shape index (κ1) is 17.8. The van der Waals surface area contributed by atoms with Gasteiger partial charge in [-0.2, -0.15) is 0 Å². The van der Waals surface area contributed by atoms with Crippen LogP contribution in [0.15, 0.2) is 30.5 Å². The molecule has 0 bridgehead atoms. The number of aromatic nitrogens is 1. The standard InChI is InChI=1S/C21H25N3O3/c1-15(25)17-12-24(18-7-4-3-6-16(17)18)13-19(26)23-11-9-21(14-23)8-5-10-22(2)20(21)27/h3-4,6-7,12H,5,8-11,13-14H2,1-2H3. The minimum Gasteiger partial charge on any atom is -0.345 e. The van der Waals surface area contributed by atoms with E-state index >= 15 is 0 Å². The lowest BCUT2D eigenvalue weighted by Gasteiger charge is -2.37. The summed E-state index contributed by atoms with van der Waals surface area (Å²) in [5.41, 5.74) is 1.13. The van der Waals surface area contributed by atoms with Crippen molar-refractivity contribution in [3.63, 3.8) is 0 Å². The number of hydrogen-bond acceptors (Lipinski definition) is 3. The fourth-order valence-electron chi connectivity index (χ4n) is 4.64. The topological polar surface area (TPSA) is 62.6 Å². The van der Waals surface area contributed by atoms with Crippen LogP contribution >= 0.6 is 0 Å². The molecule has 2 amide bonds. The van der Waals surface area contributed by atoms with Gasteiger partial charge in [0.05, 0.1) is 5.41 Å². The van der Waals surface area contributed by atoms with Gasteiger partial charge in [0, 0.05) is 49.3 Å². The highest BCUT2D eigenvalue weighted by Crippen LogP contribution is 2.39. The van der Waals surface area contributed by atoms with Crippen LogP contribution in [0.2, 0.25) is 0 Å². The molecule has 2 aromatic rings. The maximum absolute atomic E-state index is 12.9. The molecule has 6 heteroatoms. The van der Waals surface area contributed by atoms with Gasteiger partial charge in [-0.15, -0.1) is 0 Å². The maximum Gasteiger partial charge on any atom is 0.242 e. The van der Waals surface area contributed by atoms with E-state index in [1.165, 1.54) is 0 Å². The van der Waals surface area contributed by atoms with E-state index in [-0.39, 0.29) is 24.1 Å². The molecule has 1 unspecified atom stereocenters. The lowest BCUT2D eigenvalue weighted by molar-refractivity contribution is -0.144. The molecule has 3 heterocycles. The Bertz CT molecular complexity index is 932. The van der Waals surface area contributed by atoms with E-state index in [1.807, 2.05) is 40.8 Å². The third-order valence-electron chi connectivity index (χ3n) is 6.13. The maximum atomic E-state index is 12.9. The molecular formula is C21H25N3O3. The first-order valence-corrected chi connectivity index (χ1v) is 9.53. The number of para-hydroxylation sites is 1. The Labute approximate surface area is 158 Å². The van der Waals surface area contributed by atoms with Crippen LogP contribution in [0.4, 0.5) is 0 Å². The number of carbonyl (C=O) groups excluding carboxylic acids is 3. The molecule has 0 saturated carbocycles. The summed E-state index contributed by atoms with van der Waals surface area (Å²) >= 11 is 0. The van der Waals surface area contributed by atoms with Crippen molar-refractivity contribution in [1.82, 2.24) is 14.4 Å². The predicted octanol–water partition coefficient (Wildman–Crippen LogP) is 2.31. The van der Waals surface area contributed by atoms with Crippen LogP contribution in [0.3, 0.4) is 0 Å². The first-order valence-electron chi connectivity index (χ1n) is 9.53. The molecule has 2 aliphatic rings. The Balaban J connectivity index is 1.55. The number of likely N-dealkylation sites (tertiary alicyclic amines) is 2. The number of fused-ring (bicyclic) bond motifs is 1. The number of piperidine rings is 1. The summed E-state index contributed by atoms with van der Waals surface area (Å²) in [6, 6.07) is 7.65. The molecule has 4 rings (SSSR count). The molecule has 1 aromatic carbocycles. The molecule has 2 aliphatic heterocycles. The Morgan fingerprint density at radius 1 is 1.15 bits per heavy atom. The number of Topliss-reactive ketones (excluding diaryl/α,β-unsaturated/α-hetero) is 1. The molecule has 27 heavy (non-hydrogen) atoms. The highest BCUT2D eigenvalue weighted by Gasteiger charge is 2.48. The third kappa shape index (κ3) is 2.93. The van der Waals surface area contributed by atoms with Crippen LogP contribution in [0.5, 0.6) is 0 Å². The van der Waals surface area contributed by atoms with Gasteiger partial charge in [0.1, 0.15) is 6.54 Å². The van der Waals surface area contributed by atoms with E-state index in [9.17, 15) is 14.4 Å². The number of ketones is 1. The van der Waals surface area contributed by atoms with Gasteiger partial charge in [-0.1, -0.05) is 18.2 Å². The number of nitrogens with zero attached hydrogens (tertiary/aromatic N) is 3. The van der Waals surface area contributed by atoms with Gasteiger partial charge in [0.15, 0.2) is 5.78 Å². The van der Waals surface area contributed by atoms with E-state index in [2.05, 4.69) is 0 Å². The van der Waals surface area contributed by atoms with E-state index < -0.39 is 5.41 Å². The number of carbonyl (C=O) groups is 3. The third-order valence-corrected chi connectivity index (χ3v) is 6.13. The summed E-state index contributed by atoms with van der Waals surface area (Å²) in [6.07, 6.45) is 4.37. The summed E-state index contributed by atoms with van der Waals surface area (Å²) in [5.74, 6) is 0.173. The van der Waals surface area contributed by atoms with Crippen molar-refractivity contribution in [3.8, 4) is 0 Å². The molecule has 0 radical (unpaired) electrons. The van der Waals surface area contributed by atoms with Crippen LogP contribution in [-0.4, -0.2) is 58.6 Å². The number of amides is 2. The van der Waals surface area contributed by atoms with Crippen molar-refractivity contribution in [3.05, 3.63) is 36.0 Å². The molecule has 0 N–H and O–H groups in total. The smallest absolute Gasteiger partial charge is 0.242 e. The van der Waals surface area contributed by atoms with E-state index in [0.717, 1.165) is 36.7 Å². The highest BCUT2D eigenvalue weighted by molar-refractivity contribution is 6.07. The average molecular weight is 367 g/mol. The molecule has 1 atom stereocenters. The van der Waals surface area contributed by atoms with E-state index in [4.69, 9.17) is 0 Å². The molecule has 2 fully saturated rings. The van der Waals surface area contributed by atoms with Gasteiger partial charge in [-0.05, 0) is 32.3 Å². The lowest BCUT2D eigenvalue weighted by Crippen LogP contribution is -2.48. The van der Waals surface area contributed by atoms with Crippen molar-refractivity contribution in [1.29, 1.82) is 0 Å². The summed E-state index contributed by atoms with van der Waals surface area (Å²) in [7, 11) is 1.85. The Morgan fingerprint density at radius 3 is 2.70 bits per heavy atom. The monoisotopic (exact) mass is 367 g/mol. The highest BCUT2D eigenvalue weighted by atomic mass is 16.2. The molecule has 6 nitrogen and oxygen atoms in total. The quantitative estimate of drug-likeness (QED) is 0.782. The van der Waals surface area contributed by atoms with E-state index in [1.54, 1.807) is 18.0 Å². The zero-order chi connectivity index (χ0) is 19.2. The van der Waals surface area contributed by atoms with Crippen LogP contribution in [-0.2, 0) is 16.1 Å². The number of hydrogen-bond donors (Lipinski definition) is 0. The minimum absolute atomic E-state index is 0.00348. The van der Waals surface area contributed by atoms with Gasteiger partial charge in [-0.3, -0.25) is 14.4 Å². The molecule has 1 aromatic heterocycles.